The molecule has 0 saturated carbocycles. The second kappa shape index (κ2) is 8.31. The number of hydrogen-bond donors (Lipinski definition) is 2. The van der Waals surface area contributed by atoms with Gasteiger partial charge in [0, 0.05) is 24.7 Å². The molecule has 2 aromatic rings. The molecule has 1 aromatic heterocycles. The van der Waals surface area contributed by atoms with Crippen LogP contribution in [0.3, 0.4) is 0 Å². The highest BCUT2D eigenvalue weighted by Crippen LogP contribution is 2.24. The minimum Gasteiger partial charge on any atom is -0.478 e. The highest BCUT2D eigenvalue weighted by molar-refractivity contribution is 6.40. The lowest BCUT2D eigenvalue weighted by atomic mass is 10.1. The van der Waals surface area contributed by atoms with Crippen molar-refractivity contribution in [3.05, 3.63) is 54.2 Å². The lowest BCUT2D eigenvalue weighted by Crippen LogP contribution is -2.39. The number of pyridine rings is 1. The molecule has 1 unspecified atom stereocenters. The summed E-state index contributed by atoms with van der Waals surface area (Å²) < 4.78 is 5.46. The Balaban J connectivity index is 1.72. The van der Waals surface area contributed by atoms with Crippen molar-refractivity contribution < 1.29 is 14.3 Å². The fraction of sp³-hybridized carbons (Fsp3) is 0.263. The van der Waals surface area contributed by atoms with E-state index in [1.54, 1.807) is 12.3 Å². The molecule has 1 atom stereocenters. The van der Waals surface area contributed by atoms with Gasteiger partial charge in [-0.2, -0.15) is 5.10 Å². The summed E-state index contributed by atoms with van der Waals surface area (Å²) in [5.74, 6) is -0.406. The van der Waals surface area contributed by atoms with Crippen molar-refractivity contribution in [3.63, 3.8) is 0 Å². The Morgan fingerprint density at radius 1 is 1.26 bits per heavy atom. The molecule has 2 heterocycles. The van der Waals surface area contributed by atoms with Gasteiger partial charge < -0.3 is 15.8 Å². The topological polar surface area (TPSA) is 110 Å². The van der Waals surface area contributed by atoms with E-state index >= 15 is 0 Å². The lowest BCUT2D eigenvalue weighted by Gasteiger charge is -2.20. The van der Waals surface area contributed by atoms with Gasteiger partial charge in [-0.05, 0) is 25.1 Å². The molecule has 0 aliphatic carbocycles. The maximum Gasteiger partial charge on any atom is 0.267 e. The molecule has 0 radical (unpaired) electrons. The minimum atomic E-state index is -0.689. The number of nitrogens with two attached hydrogens (primary N) is 1. The van der Waals surface area contributed by atoms with Crippen molar-refractivity contribution in [2.75, 3.05) is 11.6 Å². The number of rotatable bonds is 7. The molecule has 3 rings (SSSR count). The van der Waals surface area contributed by atoms with E-state index in [1.165, 1.54) is 5.01 Å². The van der Waals surface area contributed by atoms with Crippen LogP contribution in [0.5, 0.6) is 5.88 Å². The number of hydrazone groups is 1. The van der Waals surface area contributed by atoms with Crippen LogP contribution in [0.2, 0.25) is 0 Å². The Hall–Kier alpha value is -3.42. The van der Waals surface area contributed by atoms with Gasteiger partial charge in [-0.3, -0.25) is 14.6 Å². The van der Waals surface area contributed by atoms with Crippen molar-refractivity contribution >= 4 is 23.2 Å². The molecule has 0 fully saturated rings. The molecule has 1 aliphatic heterocycles. The maximum absolute atomic E-state index is 12.6. The van der Waals surface area contributed by atoms with Gasteiger partial charge in [0.25, 0.3) is 5.91 Å². The van der Waals surface area contributed by atoms with E-state index in [0.717, 1.165) is 5.56 Å². The molecule has 140 valence electrons. The SMILES string of the molecule is CCOc1ncccc1CNC(=O)C1=NN(c2ccccc2)C(C(N)=O)C1. The third-order valence-corrected chi connectivity index (χ3v) is 4.09. The number of benzene rings is 1. The molecule has 27 heavy (non-hydrogen) atoms. The van der Waals surface area contributed by atoms with Gasteiger partial charge >= 0.3 is 0 Å². The first-order chi connectivity index (χ1) is 13.1. The lowest BCUT2D eigenvalue weighted by molar-refractivity contribution is -0.119. The molecule has 3 N–H and O–H groups in total. The van der Waals surface area contributed by atoms with E-state index in [-0.39, 0.29) is 24.6 Å². The van der Waals surface area contributed by atoms with Crippen LogP contribution in [-0.4, -0.2) is 35.2 Å². The van der Waals surface area contributed by atoms with Crippen molar-refractivity contribution in [1.29, 1.82) is 0 Å². The first-order valence-electron chi connectivity index (χ1n) is 8.66. The molecule has 0 spiro atoms. The Morgan fingerprint density at radius 2 is 2.04 bits per heavy atom. The average molecular weight is 367 g/mol. The van der Waals surface area contributed by atoms with Gasteiger partial charge in [-0.15, -0.1) is 0 Å². The monoisotopic (exact) mass is 367 g/mol. The van der Waals surface area contributed by atoms with Crippen LogP contribution in [0.15, 0.2) is 53.8 Å². The standard InChI is InChI=1S/C19H21N5O3/c1-2-27-19-13(7-6-10-21-19)12-22-18(26)15-11-16(17(20)25)24(23-15)14-8-4-3-5-9-14/h3-10,16H,2,11-12H2,1H3,(H2,20,25)(H,22,26). The van der Waals surface area contributed by atoms with Crippen LogP contribution in [0.1, 0.15) is 18.9 Å². The molecule has 2 amide bonds. The van der Waals surface area contributed by atoms with Crippen molar-refractivity contribution in [3.8, 4) is 5.88 Å². The first kappa shape index (κ1) is 18.4. The second-order valence-electron chi connectivity index (χ2n) is 5.93. The number of anilines is 1. The molecular weight excluding hydrogens is 346 g/mol. The van der Waals surface area contributed by atoms with Gasteiger partial charge in [-0.1, -0.05) is 24.3 Å². The first-order valence-corrected chi connectivity index (χ1v) is 8.66. The van der Waals surface area contributed by atoms with Crippen LogP contribution >= 0.6 is 0 Å². The third-order valence-electron chi connectivity index (χ3n) is 4.09. The second-order valence-corrected chi connectivity index (χ2v) is 5.93. The largest absolute Gasteiger partial charge is 0.478 e. The summed E-state index contributed by atoms with van der Waals surface area (Å²) in [5, 5.41) is 8.62. The predicted molar refractivity (Wildman–Crippen MR) is 101 cm³/mol. The smallest absolute Gasteiger partial charge is 0.267 e. The number of aromatic nitrogens is 1. The van der Waals surface area contributed by atoms with Gasteiger partial charge in [0.1, 0.15) is 11.8 Å². The number of nitrogens with zero attached hydrogens (tertiary/aromatic N) is 3. The van der Waals surface area contributed by atoms with E-state index in [2.05, 4.69) is 15.4 Å². The zero-order valence-corrected chi connectivity index (χ0v) is 15.0. The van der Waals surface area contributed by atoms with Crippen LogP contribution in [-0.2, 0) is 16.1 Å². The number of amides is 2. The number of ether oxygens (including phenoxy) is 1. The fourth-order valence-corrected chi connectivity index (χ4v) is 2.79. The molecular formula is C19H21N5O3. The number of primary amides is 1. The van der Waals surface area contributed by atoms with E-state index in [9.17, 15) is 9.59 Å². The summed E-state index contributed by atoms with van der Waals surface area (Å²) in [6.45, 7) is 2.59. The van der Waals surface area contributed by atoms with Crippen molar-refractivity contribution in [2.45, 2.75) is 25.9 Å². The zero-order chi connectivity index (χ0) is 19.2. The van der Waals surface area contributed by atoms with Crippen LogP contribution < -0.4 is 20.8 Å². The summed E-state index contributed by atoms with van der Waals surface area (Å²) in [4.78, 5) is 28.5. The highest BCUT2D eigenvalue weighted by atomic mass is 16.5. The number of hydrogen-bond acceptors (Lipinski definition) is 6. The zero-order valence-electron chi connectivity index (χ0n) is 15.0. The summed E-state index contributed by atoms with van der Waals surface area (Å²) in [7, 11) is 0. The Bertz CT molecular complexity index is 853. The third kappa shape index (κ3) is 4.22. The van der Waals surface area contributed by atoms with E-state index < -0.39 is 11.9 Å². The normalized spacial score (nSPS) is 16.0. The van der Waals surface area contributed by atoms with E-state index in [1.807, 2.05) is 43.3 Å². The summed E-state index contributed by atoms with van der Waals surface area (Å²) in [6, 6.07) is 12.1. The number of nitrogens with one attached hydrogen (secondary N) is 1. The maximum atomic E-state index is 12.6. The van der Waals surface area contributed by atoms with Gasteiger partial charge in [-0.25, -0.2) is 4.98 Å². The van der Waals surface area contributed by atoms with Crippen molar-refractivity contribution in [2.24, 2.45) is 10.8 Å². The molecule has 1 aromatic carbocycles. The highest BCUT2D eigenvalue weighted by Gasteiger charge is 2.34. The quantitative estimate of drug-likeness (QED) is 0.764. The summed E-state index contributed by atoms with van der Waals surface area (Å²) >= 11 is 0. The molecule has 0 saturated heterocycles. The predicted octanol–water partition coefficient (Wildman–Crippen LogP) is 1.22. The Morgan fingerprint density at radius 3 is 2.74 bits per heavy atom. The number of para-hydroxylation sites is 1. The van der Waals surface area contributed by atoms with Gasteiger partial charge in [0.05, 0.1) is 12.3 Å². The Kier molecular flexibility index (Phi) is 5.65. The molecule has 1 aliphatic rings. The fourth-order valence-electron chi connectivity index (χ4n) is 2.79. The summed E-state index contributed by atoms with van der Waals surface area (Å²) in [5.41, 5.74) is 7.22. The number of carbonyl (C=O) groups is 2. The van der Waals surface area contributed by atoms with Gasteiger partial charge in [0.15, 0.2) is 0 Å². The van der Waals surface area contributed by atoms with E-state index in [4.69, 9.17) is 10.5 Å². The summed E-state index contributed by atoms with van der Waals surface area (Å²) in [6.07, 6.45) is 1.79. The average Bonchev–Trinajstić information content (AvgIpc) is 3.14. The van der Waals surface area contributed by atoms with Crippen LogP contribution in [0.25, 0.3) is 0 Å². The van der Waals surface area contributed by atoms with Crippen LogP contribution in [0, 0.1) is 0 Å². The minimum absolute atomic E-state index is 0.154. The van der Waals surface area contributed by atoms with E-state index in [0.29, 0.717) is 18.2 Å². The Labute approximate surface area is 157 Å². The number of carbonyl (C=O) groups excluding carboxylic acids is 2. The van der Waals surface area contributed by atoms with Gasteiger partial charge in [0.2, 0.25) is 11.8 Å². The van der Waals surface area contributed by atoms with Crippen LogP contribution in [0.4, 0.5) is 5.69 Å². The van der Waals surface area contributed by atoms with Crippen molar-refractivity contribution in [1.82, 2.24) is 10.3 Å². The molecule has 8 heteroatoms. The molecule has 0 bridgehead atoms. The molecule has 8 nitrogen and oxygen atoms in total.